The number of methoxy groups -OCH3 is 1. The molecule has 146 valence electrons. The molecule has 3 heterocycles. The monoisotopic (exact) mass is 383 g/mol. The van der Waals surface area contributed by atoms with Crippen LogP contribution in [0.25, 0.3) is 10.9 Å². The van der Waals surface area contributed by atoms with E-state index in [2.05, 4.69) is 20.4 Å². The normalized spacial score (nSPS) is 19.2. The number of rotatable bonds is 4. The van der Waals surface area contributed by atoms with Gasteiger partial charge in [-0.05, 0) is 31.2 Å². The molecule has 1 aliphatic rings. The predicted molar refractivity (Wildman–Crippen MR) is 100 cm³/mol. The van der Waals surface area contributed by atoms with Crippen LogP contribution in [0.15, 0.2) is 28.8 Å². The van der Waals surface area contributed by atoms with Crippen LogP contribution in [-0.4, -0.2) is 59.1 Å². The van der Waals surface area contributed by atoms with E-state index >= 15 is 0 Å². The number of hydrogen-bond donors (Lipinski definition) is 2. The number of H-pyrrole nitrogens is 1. The molecule has 28 heavy (non-hydrogen) atoms. The highest BCUT2D eigenvalue weighted by Gasteiger charge is 2.43. The van der Waals surface area contributed by atoms with Crippen molar-refractivity contribution in [1.29, 1.82) is 0 Å². The standard InChI is InChI=1S/C19H21N5O4/c1-10-21-18(28-23-10)14-9-24(8-13(14)17(25)20-2)19(26)16-7-11-6-12(27-3)4-5-15(11)22-16/h4-7,13-14,22H,8-9H2,1-3H3,(H,20,25)/t13-,14-/m1/s1. The number of amides is 2. The first-order valence-corrected chi connectivity index (χ1v) is 8.98. The van der Waals surface area contributed by atoms with Crippen LogP contribution < -0.4 is 10.1 Å². The average Bonchev–Trinajstić information content (AvgIpc) is 3.43. The van der Waals surface area contributed by atoms with Crippen LogP contribution in [0.1, 0.15) is 28.1 Å². The van der Waals surface area contributed by atoms with Gasteiger partial charge in [0.05, 0.1) is 18.9 Å². The second-order valence-electron chi connectivity index (χ2n) is 6.85. The second kappa shape index (κ2) is 6.99. The molecule has 2 atom stereocenters. The average molecular weight is 383 g/mol. The van der Waals surface area contributed by atoms with E-state index in [-0.39, 0.29) is 24.3 Å². The van der Waals surface area contributed by atoms with Gasteiger partial charge in [-0.15, -0.1) is 0 Å². The number of benzene rings is 1. The summed E-state index contributed by atoms with van der Waals surface area (Å²) in [6.45, 7) is 2.33. The fraction of sp³-hybridized carbons (Fsp3) is 0.368. The molecule has 0 radical (unpaired) electrons. The molecule has 2 N–H and O–H groups in total. The lowest BCUT2D eigenvalue weighted by Gasteiger charge is -2.14. The summed E-state index contributed by atoms with van der Waals surface area (Å²) in [5.41, 5.74) is 1.30. The Hall–Kier alpha value is -3.36. The van der Waals surface area contributed by atoms with Gasteiger partial charge in [-0.25, -0.2) is 0 Å². The summed E-state index contributed by atoms with van der Waals surface area (Å²) in [7, 11) is 3.18. The first kappa shape index (κ1) is 18.0. The van der Waals surface area contributed by atoms with Crippen molar-refractivity contribution in [1.82, 2.24) is 25.3 Å². The van der Waals surface area contributed by atoms with E-state index in [0.29, 0.717) is 24.0 Å². The van der Waals surface area contributed by atoms with Crippen LogP contribution in [0, 0.1) is 12.8 Å². The van der Waals surface area contributed by atoms with Gasteiger partial charge in [0.15, 0.2) is 5.82 Å². The van der Waals surface area contributed by atoms with Crippen LogP contribution in [0.5, 0.6) is 5.75 Å². The molecule has 0 bridgehead atoms. The number of aromatic nitrogens is 3. The number of ether oxygens (including phenoxy) is 1. The van der Waals surface area contributed by atoms with Gasteiger partial charge in [0, 0.05) is 31.0 Å². The fourth-order valence-electron chi connectivity index (χ4n) is 3.66. The molecule has 2 amide bonds. The van der Waals surface area contributed by atoms with E-state index < -0.39 is 5.92 Å². The molecular formula is C19H21N5O4. The Labute approximate surface area is 161 Å². The molecule has 2 aromatic heterocycles. The SMILES string of the molecule is CNC(=O)[C@@H]1CN(C(=O)c2cc3cc(OC)ccc3[nH]2)C[C@H]1c1nc(C)no1. The molecule has 0 unspecified atom stereocenters. The Balaban J connectivity index is 1.61. The number of nitrogens with zero attached hydrogens (tertiary/aromatic N) is 3. The zero-order valence-corrected chi connectivity index (χ0v) is 15.9. The van der Waals surface area contributed by atoms with Gasteiger partial charge in [-0.3, -0.25) is 9.59 Å². The van der Waals surface area contributed by atoms with Crippen LogP contribution in [0.4, 0.5) is 0 Å². The lowest BCUT2D eigenvalue weighted by molar-refractivity contribution is -0.124. The minimum Gasteiger partial charge on any atom is -0.497 e. The number of carbonyl (C=O) groups is 2. The van der Waals surface area contributed by atoms with Crippen molar-refractivity contribution in [2.75, 3.05) is 27.2 Å². The van der Waals surface area contributed by atoms with Crippen molar-refractivity contribution >= 4 is 22.7 Å². The van der Waals surface area contributed by atoms with Crippen molar-refractivity contribution in [3.8, 4) is 5.75 Å². The molecule has 9 heteroatoms. The van der Waals surface area contributed by atoms with E-state index in [1.165, 1.54) is 0 Å². The topological polar surface area (TPSA) is 113 Å². The Morgan fingerprint density at radius 1 is 1.32 bits per heavy atom. The van der Waals surface area contributed by atoms with Crippen LogP contribution in [0.3, 0.4) is 0 Å². The van der Waals surface area contributed by atoms with Gasteiger partial charge in [-0.2, -0.15) is 4.98 Å². The lowest BCUT2D eigenvalue weighted by atomic mass is 9.95. The highest BCUT2D eigenvalue weighted by molar-refractivity contribution is 5.99. The summed E-state index contributed by atoms with van der Waals surface area (Å²) in [4.78, 5) is 34.5. The number of fused-ring (bicyclic) bond motifs is 1. The molecular weight excluding hydrogens is 362 g/mol. The fourth-order valence-corrected chi connectivity index (χ4v) is 3.66. The summed E-state index contributed by atoms with van der Waals surface area (Å²) in [5.74, 6) is 0.481. The smallest absolute Gasteiger partial charge is 0.270 e. The summed E-state index contributed by atoms with van der Waals surface area (Å²) in [5, 5.41) is 7.36. The lowest BCUT2D eigenvalue weighted by Crippen LogP contribution is -2.33. The summed E-state index contributed by atoms with van der Waals surface area (Å²) < 4.78 is 10.5. The quantitative estimate of drug-likeness (QED) is 0.705. The van der Waals surface area contributed by atoms with Crippen molar-refractivity contribution < 1.29 is 18.8 Å². The van der Waals surface area contributed by atoms with Crippen LogP contribution >= 0.6 is 0 Å². The van der Waals surface area contributed by atoms with Crippen molar-refractivity contribution in [2.45, 2.75) is 12.8 Å². The Kier molecular flexibility index (Phi) is 4.50. The predicted octanol–water partition coefficient (Wildman–Crippen LogP) is 1.47. The largest absolute Gasteiger partial charge is 0.497 e. The highest BCUT2D eigenvalue weighted by Crippen LogP contribution is 2.33. The minimum absolute atomic E-state index is 0.155. The number of aryl methyl sites for hydroxylation is 1. The first-order chi connectivity index (χ1) is 13.5. The molecule has 1 saturated heterocycles. The molecule has 0 spiro atoms. The molecule has 3 aromatic rings. The van der Waals surface area contributed by atoms with Gasteiger partial charge >= 0.3 is 0 Å². The number of carbonyl (C=O) groups excluding carboxylic acids is 2. The van der Waals surface area contributed by atoms with Gasteiger partial charge in [0.25, 0.3) is 5.91 Å². The second-order valence-corrected chi connectivity index (χ2v) is 6.85. The van der Waals surface area contributed by atoms with Gasteiger partial charge in [-0.1, -0.05) is 5.16 Å². The third-order valence-corrected chi connectivity index (χ3v) is 5.11. The summed E-state index contributed by atoms with van der Waals surface area (Å²) in [6, 6.07) is 7.36. The molecule has 1 aromatic carbocycles. The van der Waals surface area contributed by atoms with E-state index in [4.69, 9.17) is 9.26 Å². The molecule has 9 nitrogen and oxygen atoms in total. The van der Waals surface area contributed by atoms with E-state index in [1.807, 2.05) is 18.2 Å². The van der Waals surface area contributed by atoms with Gasteiger partial charge in [0.2, 0.25) is 11.8 Å². The van der Waals surface area contributed by atoms with E-state index in [9.17, 15) is 9.59 Å². The van der Waals surface area contributed by atoms with Crippen LogP contribution in [0.2, 0.25) is 0 Å². The van der Waals surface area contributed by atoms with Crippen molar-refractivity contribution in [3.05, 3.63) is 41.7 Å². The maximum Gasteiger partial charge on any atom is 0.270 e. The Morgan fingerprint density at radius 3 is 2.82 bits per heavy atom. The van der Waals surface area contributed by atoms with E-state index in [0.717, 1.165) is 16.7 Å². The van der Waals surface area contributed by atoms with Gasteiger partial charge < -0.3 is 24.5 Å². The van der Waals surface area contributed by atoms with Crippen molar-refractivity contribution in [2.24, 2.45) is 5.92 Å². The molecule has 0 saturated carbocycles. The van der Waals surface area contributed by atoms with E-state index in [1.54, 1.807) is 32.0 Å². The highest BCUT2D eigenvalue weighted by atomic mass is 16.5. The van der Waals surface area contributed by atoms with Gasteiger partial charge in [0.1, 0.15) is 11.4 Å². The first-order valence-electron chi connectivity index (χ1n) is 8.98. The summed E-state index contributed by atoms with van der Waals surface area (Å²) in [6.07, 6.45) is 0. The Morgan fingerprint density at radius 2 is 2.14 bits per heavy atom. The Bertz CT molecular complexity index is 1040. The zero-order chi connectivity index (χ0) is 19.8. The molecule has 0 aliphatic carbocycles. The number of nitrogens with one attached hydrogen (secondary N) is 2. The maximum atomic E-state index is 13.1. The summed E-state index contributed by atoms with van der Waals surface area (Å²) >= 11 is 0. The van der Waals surface area contributed by atoms with Crippen molar-refractivity contribution in [3.63, 3.8) is 0 Å². The zero-order valence-electron chi connectivity index (χ0n) is 15.9. The molecule has 1 aliphatic heterocycles. The molecule has 1 fully saturated rings. The maximum absolute atomic E-state index is 13.1. The minimum atomic E-state index is -0.446. The third-order valence-electron chi connectivity index (χ3n) is 5.11. The van der Waals surface area contributed by atoms with Crippen LogP contribution in [-0.2, 0) is 4.79 Å². The number of hydrogen-bond acceptors (Lipinski definition) is 6. The number of likely N-dealkylation sites (tertiary alicyclic amines) is 1. The number of aromatic amines is 1. The third kappa shape index (κ3) is 3.08. The molecule has 4 rings (SSSR count).